The van der Waals surface area contributed by atoms with Crippen LogP contribution in [0.15, 0.2) is 54.1 Å². The van der Waals surface area contributed by atoms with Gasteiger partial charge in [-0.1, -0.05) is 29.8 Å². The Kier molecular flexibility index (Phi) is 5.21. The largest absolute Gasteiger partial charge is 0.322 e. The Bertz CT molecular complexity index is 806. The maximum Gasteiger partial charge on any atom is 0.269 e. The van der Waals surface area contributed by atoms with E-state index in [4.69, 9.17) is 0 Å². The Labute approximate surface area is 139 Å². The van der Waals surface area contributed by atoms with Gasteiger partial charge in [-0.2, -0.15) is 0 Å². The van der Waals surface area contributed by atoms with Gasteiger partial charge >= 0.3 is 0 Å². The highest BCUT2D eigenvalue weighted by atomic mass is 16.6. The molecule has 0 fully saturated rings. The van der Waals surface area contributed by atoms with Gasteiger partial charge < -0.3 is 5.32 Å². The Hall–Kier alpha value is -3.28. The number of nitro benzene ring substituents is 1. The second-order valence-electron chi connectivity index (χ2n) is 5.28. The van der Waals surface area contributed by atoms with Crippen LogP contribution in [-0.4, -0.2) is 16.6 Å². The van der Waals surface area contributed by atoms with E-state index < -0.39 is 10.8 Å². The number of carbonyl (C=O) groups excluding carboxylic acids is 2. The van der Waals surface area contributed by atoms with Gasteiger partial charge in [-0.3, -0.25) is 19.7 Å². The van der Waals surface area contributed by atoms with Crippen molar-refractivity contribution in [1.82, 2.24) is 0 Å². The number of Topliss-reactive ketones (excluding diaryl/α,β-unsaturated/α-hetero) is 1. The lowest BCUT2D eigenvalue weighted by Crippen LogP contribution is -2.18. The molecule has 2 rings (SSSR count). The summed E-state index contributed by atoms with van der Waals surface area (Å²) >= 11 is 0. The second-order valence-corrected chi connectivity index (χ2v) is 5.28. The molecule has 6 heteroatoms. The molecule has 0 aliphatic rings. The molecule has 0 saturated carbocycles. The summed E-state index contributed by atoms with van der Waals surface area (Å²) in [5.74, 6) is -0.924. The molecule has 0 unspecified atom stereocenters. The monoisotopic (exact) mass is 324 g/mol. The van der Waals surface area contributed by atoms with Crippen molar-refractivity contribution in [1.29, 1.82) is 0 Å². The molecular formula is C18H16N2O4. The smallest absolute Gasteiger partial charge is 0.269 e. The van der Waals surface area contributed by atoms with Crippen LogP contribution in [-0.2, 0) is 9.59 Å². The molecule has 24 heavy (non-hydrogen) atoms. The van der Waals surface area contributed by atoms with Crippen molar-refractivity contribution in [3.05, 3.63) is 75.3 Å². The number of benzene rings is 2. The maximum atomic E-state index is 12.3. The van der Waals surface area contributed by atoms with Gasteiger partial charge in [0, 0.05) is 17.8 Å². The van der Waals surface area contributed by atoms with Gasteiger partial charge in [-0.15, -0.1) is 0 Å². The summed E-state index contributed by atoms with van der Waals surface area (Å²) in [6, 6.07) is 12.8. The van der Waals surface area contributed by atoms with E-state index in [0.29, 0.717) is 5.69 Å². The lowest BCUT2D eigenvalue weighted by atomic mass is 10.1. The summed E-state index contributed by atoms with van der Waals surface area (Å²) in [4.78, 5) is 34.2. The van der Waals surface area contributed by atoms with Crippen molar-refractivity contribution < 1.29 is 14.5 Å². The van der Waals surface area contributed by atoms with Crippen molar-refractivity contribution >= 4 is 29.1 Å². The van der Waals surface area contributed by atoms with Gasteiger partial charge in [-0.05, 0) is 37.6 Å². The highest BCUT2D eigenvalue weighted by molar-refractivity contribution is 6.25. The average Bonchev–Trinajstić information content (AvgIpc) is 2.54. The first-order valence-corrected chi connectivity index (χ1v) is 7.22. The highest BCUT2D eigenvalue weighted by Crippen LogP contribution is 2.17. The topological polar surface area (TPSA) is 89.3 Å². The number of carbonyl (C=O) groups is 2. The van der Waals surface area contributed by atoms with Gasteiger partial charge in [0.15, 0.2) is 5.78 Å². The SMILES string of the molecule is CC(=O)/C(=C\c1ccc(C)cc1)C(=O)Nc1ccc([N+](=O)[O-])cc1. The predicted molar refractivity (Wildman–Crippen MR) is 91.6 cm³/mol. The third-order valence-corrected chi connectivity index (χ3v) is 3.35. The van der Waals surface area contributed by atoms with Gasteiger partial charge in [0.1, 0.15) is 0 Å². The summed E-state index contributed by atoms with van der Waals surface area (Å²) in [6.45, 7) is 3.26. The minimum atomic E-state index is -0.558. The first-order valence-electron chi connectivity index (χ1n) is 7.22. The molecule has 2 aromatic rings. The van der Waals surface area contributed by atoms with Crippen LogP contribution < -0.4 is 5.32 Å². The van der Waals surface area contributed by atoms with E-state index in [-0.39, 0.29) is 17.0 Å². The van der Waals surface area contributed by atoms with E-state index in [9.17, 15) is 19.7 Å². The molecule has 2 aromatic carbocycles. The van der Waals surface area contributed by atoms with E-state index in [1.165, 1.54) is 37.3 Å². The normalized spacial score (nSPS) is 11.0. The first-order chi connectivity index (χ1) is 11.4. The van der Waals surface area contributed by atoms with Crippen LogP contribution >= 0.6 is 0 Å². The zero-order valence-corrected chi connectivity index (χ0v) is 13.3. The number of anilines is 1. The molecule has 122 valence electrons. The molecule has 0 spiro atoms. The number of hydrogen-bond donors (Lipinski definition) is 1. The number of nitrogens with one attached hydrogen (secondary N) is 1. The van der Waals surface area contributed by atoms with Crippen molar-refractivity contribution in [2.45, 2.75) is 13.8 Å². The quantitative estimate of drug-likeness (QED) is 0.300. The molecule has 0 saturated heterocycles. The first kappa shape index (κ1) is 17.1. The molecule has 0 atom stereocenters. The molecule has 0 radical (unpaired) electrons. The molecule has 1 amide bonds. The molecule has 6 nitrogen and oxygen atoms in total. The van der Waals surface area contributed by atoms with Gasteiger partial charge in [0.25, 0.3) is 11.6 Å². The molecule has 0 aliphatic carbocycles. The fourth-order valence-electron chi connectivity index (χ4n) is 2.02. The van der Waals surface area contributed by atoms with Crippen LogP contribution in [0.4, 0.5) is 11.4 Å². The van der Waals surface area contributed by atoms with Crippen molar-refractivity contribution in [2.24, 2.45) is 0 Å². The zero-order valence-electron chi connectivity index (χ0n) is 13.3. The van der Waals surface area contributed by atoms with Crippen LogP contribution in [0.1, 0.15) is 18.1 Å². The standard InChI is InChI=1S/C18H16N2O4/c1-12-3-5-14(6-4-12)11-17(13(2)21)18(22)19-15-7-9-16(10-8-15)20(23)24/h3-11H,1-2H3,(H,19,22)/b17-11+. The van der Waals surface area contributed by atoms with E-state index in [0.717, 1.165) is 11.1 Å². The Balaban J connectivity index is 2.21. The number of amides is 1. The number of ketones is 1. The molecule has 0 bridgehead atoms. The summed E-state index contributed by atoms with van der Waals surface area (Å²) in [6.07, 6.45) is 1.52. The molecule has 0 heterocycles. The second kappa shape index (κ2) is 7.32. The fraction of sp³-hybridized carbons (Fsp3) is 0.111. The van der Waals surface area contributed by atoms with E-state index in [2.05, 4.69) is 5.32 Å². The Morgan fingerprint density at radius 2 is 1.62 bits per heavy atom. The number of nitrogens with zero attached hydrogens (tertiary/aromatic N) is 1. The van der Waals surface area contributed by atoms with Crippen molar-refractivity contribution in [3.63, 3.8) is 0 Å². The summed E-state index contributed by atoms with van der Waals surface area (Å²) in [5, 5.41) is 13.2. The van der Waals surface area contributed by atoms with Crippen LogP contribution in [0.3, 0.4) is 0 Å². The summed E-state index contributed by atoms with van der Waals surface area (Å²) < 4.78 is 0. The van der Waals surface area contributed by atoms with Gasteiger partial charge in [0.2, 0.25) is 0 Å². The molecule has 0 aromatic heterocycles. The lowest BCUT2D eigenvalue weighted by Gasteiger charge is -2.07. The number of non-ortho nitro benzene ring substituents is 1. The summed E-state index contributed by atoms with van der Waals surface area (Å²) in [7, 11) is 0. The van der Waals surface area contributed by atoms with E-state index in [1.54, 1.807) is 0 Å². The van der Waals surface area contributed by atoms with Crippen molar-refractivity contribution in [2.75, 3.05) is 5.32 Å². The average molecular weight is 324 g/mol. The lowest BCUT2D eigenvalue weighted by molar-refractivity contribution is -0.384. The third kappa shape index (κ3) is 4.36. The Morgan fingerprint density at radius 3 is 2.12 bits per heavy atom. The fourth-order valence-corrected chi connectivity index (χ4v) is 2.02. The zero-order chi connectivity index (χ0) is 17.7. The molecule has 1 N–H and O–H groups in total. The van der Waals surface area contributed by atoms with Crippen LogP contribution in [0.5, 0.6) is 0 Å². The number of aryl methyl sites for hydroxylation is 1. The number of rotatable bonds is 5. The minimum Gasteiger partial charge on any atom is -0.322 e. The van der Waals surface area contributed by atoms with Crippen molar-refractivity contribution in [3.8, 4) is 0 Å². The number of hydrogen-bond acceptors (Lipinski definition) is 4. The highest BCUT2D eigenvalue weighted by Gasteiger charge is 2.15. The van der Waals surface area contributed by atoms with Crippen LogP contribution in [0.2, 0.25) is 0 Å². The van der Waals surface area contributed by atoms with E-state index >= 15 is 0 Å². The van der Waals surface area contributed by atoms with Crippen LogP contribution in [0.25, 0.3) is 6.08 Å². The molecular weight excluding hydrogens is 308 g/mol. The number of nitro groups is 1. The van der Waals surface area contributed by atoms with Crippen LogP contribution in [0, 0.1) is 17.0 Å². The Morgan fingerprint density at radius 1 is 1.04 bits per heavy atom. The van der Waals surface area contributed by atoms with Gasteiger partial charge in [0.05, 0.1) is 10.5 Å². The minimum absolute atomic E-state index is 0.0113. The van der Waals surface area contributed by atoms with E-state index in [1.807, 2.05) is 31.2 Å². The predicted octanol–water partition coefficient (Wildman–Crippen LogP) is 3.51. The molecule has 0 aliphatic heterocycles. The maximum absolute atomic E-state index is 12.3. The summed E-state index contributed by atoms with van der Waals surface area (Å²) in [5.41, 5.74) is 2.13. The van der Waals surface area contributed by atoms with Gasteiger partial charge in [-0.25, -0.2) is 0 Å². The third-order valence-electron chi connectivity index (χ3n) is 3.35.